The molecule has 37 nitrogen and oxygen atoms in total. The minimum atomic E-state index is -4.74. The monoisotopic (exact) mass is 1840 g/mol. The number of halogens is 3. The van der Waals surface area contributed by atoms with E-state index < -0.39 is 160 Å². The Morgan fingerprint density at radius 1 is 0.463 bits per heavy atom. The number of carbonyl (C=O) groups is 10. The number of hydrogen-bond acceptors (Lipinski definition) is 25. The second-order valence-electron chi connectivity index (χ2n) is 35.6. The van der Waals surface area contributed by atoms with Gasteiger partial charge in [-0.2, -0.15) is 8.42 Å². The summed E-state index contributed by atoms with van der Waals surface area (Å²) in [5, 5.41) is 61.6. The Morgan fingerprint density at radius 2 is 0.732 bits per heavy atom. The van der Waals surface area contributed by atoms with E-state index in [0.717, 1.165) is 11.1 Å². The number of rotatable bonds is 31. The number of urea groups is 3. The number of esters is 1. The predicted octanol–water partition coefficient (Wildman–Crippen LogP) is 9.39. The zero-order valence-electron chi connectivity index (χ0n) is 73.4. The molecule has 0 saturated carbocycles. The molecule has 3 saturated heterocycles. The summed E-state index contributed by atoms with van der Waals surface area (Å²) in [5.74, 6) is -4.20. The van der Waals surface area contributed by atoms with Crippen LogP contribution in [-0.4, -0.2) is 250 Å². The zero-order chi connectivity index (χ0) is 93.8. The first-order chi connectivity index (χ1) is 56.3. The fourth-order valence-electron chi connectivity index (χ4n) is 13.7. The average Bonchev–Trinajstić information content (AvgIpc) is 0.759. The highest BCUT2D eigenvalue weighted by Gasteiger charge is 2.54. The standard InChI is InChI=1S/C27H40ClN3O11S.C27H43ClN3O10P.C27H42ClN3O7/c1-17(2)21(22(33)31-12-11-27(36,25(3,4)15-31)18-7-9-19(28)10-8-18)30-23(34)29-14-26(5,6)42-24(35)41-16-40-20(32)13-43(37,38)39;1-17(2)21(22(32)31-13-12-27(35,25(4,5)16-31)19-8-10-20(28)11-9-19)30-23(33)29-15-26(6,7)40-24(34)39-14-18(3)41-42(36,37)38;1-17(2)21(30-23(34)29-15-26(6,7)38-24(35)37-14-18(3)32)22(33)31-13-12-27(36,25(4,5)16-31)19-8-10-20(28)11-9-19/h7-10,17,21,36H,11-16H2,1-6H3,(H2,29,30,34)(H,37,38,39);8-11,17-18,21,35H,12-16H2,1-7H3,(H2,29,30,33)(H2,36,37,38);8-11,17-18,21,32,36H,12-16H2,1-7H3,(H2,29,30,34)/t21-,27+;2*18?,21-,27+/m111/s1. The van der Waals surface area contributed by atoms with Crippen LogP contribution in [0.3, 0.4) is 0 Å². The highest BCUT2D eigenvalue weighted by molar-refractivity contribution is 7.86. The molecule has 0 radical (unpaired) electrons. The van der Waals surface area contributed by atoms with E-state index in [1.165, 1.54) is 41.5 Å². The molecule has 0 aromatic heterocycles. The maximum absolute atomic E-state index is 13.6. The van der Waals surface area contributed by atoms with Gasteiger partial charge in [0.1, 0.15) is 54.2 Å². The number of ether oxygens (including phenoxy) is 7. The molecule has 694 valence electrons. The molecule has 9 amide bonds. The summed E-state index contributed by atoms with van der Waals surface area (Å²) in [7, 11) is -9.33. The predicted molar refractivity (Wildman–Crippen MR) is 453 cm³/mol. The van der Waals surface area contributed by atoms with Gasteiger partial charge in [-0.05, 0) is 145 Å². The number of phosphoric ester groups is 1. The van der Waals surface area contributed by atoms with E-state index in [4.69, 9.17) is 72.8 Å². The number of phosphoric acid groups is 1. The molecule has 0 spiro atoms. The maximum atomic E-state index is 13.6. The molecule has 3 aromatic carbocycles. The van der Waals surface area contributed by atoms with Crippen LogP contribution in [0, 0.1) is 34.0 Å². The number of piperidine rings is 3. The van der Waals surface area contributed by atoms with Gasteiger partial charge < -0.3 is 110 Å². The summed E-state index contributed by atoms with van der Waals surface area (Å²) in [6, 6.07) is 16.6. The fraction of sp³-hybridized carbons (Fsp3) is 0.654. The Balaban J connectivity index is 0.000000388. The first-order valence-corrected chi connectivity index (χ1v) is 44.1. The highest BCUT2D eigenvalue weighted by Crippen LogP contribution is 2.49. The van der Waals surface area contributed by atoms with E-state index >= 15 is 0 Å². The number of carbonyl (C=O) groups excluding carboxylic acids is 10. The van der Waals surface area contributed by atoms with Gasteiger partial charge in [0.2, 0.25) is 24.5 Å². The Labute approximate surface area is 733 Å². The molecular formula is C81H125Cl3N9O28PS. The van der Waals surface area contributed by atoms with Crippen LogP contribution in [0.4, 0.5) is 28.8 Å². The lowest BCUT2D eigenvalue weighted by Crippen LogP contribution is -2.61. The largest absolute Gasteiger partial charge is 0.511 e. The van der Waals surface area contributed by atoms with Crippen LogP contribution in [-0.2, 0) is 88.3 Å². The number of nitrogens with zero attached hydrogens (tertiary/aromatic N) is 3. The lowest BCUT2D eigenvalue weighted by Gasteiger charge is -2.51. The third kappa shape index (κ3) is 33.3. The van der Waals surface area contributed by atoms with Crippen LogP contribution in [0.25, 0.3) is 0 Å². The number of hydrogen-bond donors (Lipinski definition) is 13. The number of amides is 9. The van der Waals surface area contributed by atoms with Crippen LogP contribution >= 0.6 is 42.6 Å². The number of nitrogens with one attached hydrogen (secondary N) is 6. The lowest BCUT2D eigenvalue weighted by atomic mass is 9.66. The summed E-state index contributed by atoms with van der Waals surface area (Å²) in [5.41, 5.74) is -7.03. The number of aliphatic hydroxyl groups excluding tert-OH is 1. The third-order valence-electron chi connectivity index (χ3n) is 20.9. The van der Waals surface area contributed by atoms with Gasteiger partial charge in [-0.25, -0.2) is 33.3 Å². The Bertz CT molecular complexity index is 4270. The van der Waals surface area contributed by atoms with E-state index in [-0.39, 0.29) is 94.3 Å². The molecule has 3 aromatic rings. The van der Waals surface area contributed by atoms with Crippen molar-refractivity contribution in [1.29, 1.82) is 0 Å². The van der Waals surface area contributed by atoms with Crippen LogP contribution in [0.15, 0.2) is 72.8 Å². The van der Waals surface area contributed by atoms with Gasteiger partial charge in [-0.3, -0.25) is 28.3 Å². The van der Waals surface area contributed by atoms with Gasteiger partial charge in [0.25, 0.3) is 10.1 Å². The number of aliphatic hydroxyl groups is 4. The molecule has 13 N–H and O–H groups in total. The van der Waals surface area contributed by atoms with Gasteiger partial charge in [-0.15, -0.1) is 0 Å². The molecule has 42 heteroatoms. The van der Waals surface area contributed by atoms with E-state index in [9.17, 15) is 81.4 Å². The Kier molecular flexibility index (Phi) is 38.7. The normalized spacial score (nSPS) is 20.2. The van der Waals surface area contributed by atoms with Crippen molar-refractivity contribution in [3.63, 3.8) is 0 Å². The second kappa shape index (κ2) is 44.4. The molecule has 2 unspecified atom stereocenters. The van der Waals surface area contributed by atoms with Crippen LogP contribution in [0.2, 0.25) is 15.1 Å². The summed E-state index contributed by atoms with van der Waals surface area (Å²) >= 11 is 18.1. The first kappa shape index (κ1) is 107. The highest BCUT2D eigenvalue weighted by atomic mass is 35.5. The average molecular weight is 1840 g/mol. The van der Waals surface area contributed by atoms with Gasteiger partial charge in [-0.1, -0.05) is 154 Å². The van der Waals surface area contributed by atoms with Gasteiger partial charge in [0.05, 0.1) is 42.5 Å². The molecule has 3 aliphatic rings. The van der Waals surface area contributed by atoms with Crippen molar-refractivity contribution in [3.8, 4) is 0 Å². The number of likely N-dealkylation sites (tertiary alicyclic amines) is 3. The van der Waals surface area contributed by atoms with Crippen molar-refractivity contribution in [1.82, 2.24) is 46.6 Å². The zero-order valence-corrected chi connectivity index (χ0v) is 77.4. The fourth-order valence-corrected chi connectivity index (χ4v) is 15.0. The van der Waals surface area contributed by atoms with Crippen LogP contribution < -0.4 is 31.9 Å². The molecule has 123 heavy (non-hydrogen) atoms. The first-order valence-electron chi connectivity index (χ1n) is 39.8. The van der Waals surface area contributed by atoms with Crippen molar-refractivity contribution < 1.29 is 133 Å². The van der Waals surface area contributed by atoms with E-state index in [1.807, 2.05) is 81.4 Å². The van der Waals surface area contributed by atoms with Crippen molar-refractivity contribution in [2.24, 2.45) is 34.0 Å². The summed E-state index contributed by atoms with van der Waals surface area (Å²) < 4.78 is 79.1. The van der Waals surface area contributed by atoms with E-state index in [1.54, 1.807) is 103 Å². The van der Waals surface area contributed by atoms with Crippen molar-refractivity contribution in [2.45, 2.75) is 222 Å². The third-order valence-corrected chi connectivity index (χ3v) is 22.9. The maximum Gasteiger partial charge on any atom is 0.511 e. The van der Waals surface area contributed by atoms with Gasteiger partial charge in [0, 0.05) is 70.6 Å². The van der Waals surface area contributed by atoms with Crippen LogP contribution in [0.5, 0.6) is 0 Å². The van der Waals surface area contributed by atoms with Crippen LogP contribution in [0.1, 0.15) is 174 Å². The van der Waals surface area contributed by atoms with E-state index in [0.29, 0.717) is 46.6 Å². The van der Waals surface area contributed by atoms with E-state index in [2.05, 4.69) is 45.9 Å². The lowest BCUT2D eigenvalue weighted by molar-refractivity contribution is -0.156. The SMILES string of the molecule is CC(C)[C@@H](NC(=O)NCC(C)(C)OC(=O)OCOC(=O)CS(=O)(=O)O)C(=O)N1CC[C@](O)(c2ccc(Cl)cc2)C(C)(C)C1.CC(COC(=O)OC(C)(C)CNC(=O)N[C@@H](C(=O)N1CC[C@](O)(c2ccc(Cl)cc2)C(C)(C)C1)C(C)C)OP(=O)(O)O.CC(O)COC(=O)OC(C)(C)CNC(=O)N[C@@H](C(=O)N1CC[C@](O)(c2ccc(Cl)cc2)C(C)(C)C1)C(C)C. The minimum absolute atomic E-state index is 0.0352. The van der Waals surface area contributed by atoms with Crippen molar-refractivity contribution in [2.75, 3.05) is 84.7 Å². The molecule has 0 aliphatic carbocycles. The van der Waals surface area contributed by atoms with Gasteiger partial charge in [0.15, 0.2) is 5.75 Å². The molecule has 3 heterocycles. The topological polar surface area (TPSA) is 519 Å². The molecule has 0 bridgehead atoms. The smallest absolute Gasteiger partial charge is 0.432 e. The summed E-state index contributed by atoms with van der Waals surface area (Å²) in [6.45, 7) is 33.9. The number of benzene rings is 3. The Morgan fingerprint density at radius 3 is 0.976 bits per heavy atom. The summed E-state index contributed by atoms with van der Waals surface area (Å²) in [6.07, 6.45) is -4.33. The Hall–Kier alpha value is -8.11. The minimum Gasteiger partial charge on any atom is -0.432 e. The van der Waals surface area contributed by atoms with Crippen molar-refractivity contribution >= 4 is 113 Å². The quantitative estimate of drug-likeness (QED) is 0.00937. The molecule has 6 rings (SSSR count). The molecular weight excluding hydrogens is 1720 g/mol. The molecule has 8 atom stereocenters. The van der Waals surface area contributed by atoms with Gasteiger partial charge >= 0.3 is 50.4 Å². The molecule has 3 fully saturated rings. The van der Waals surface area contributed by atoms with Crippen molar-refractivity contribution in [3.05, 3.63) is 105 Å². The molecule has 3 aliphatic heterocycles. The summed E-state index contributed by atoms with van der Waals surface area (Å²) in [4.78, 5) is 148. The second-order valence-corrected chi connectivity index (χ2v) is 39.6.